The standard InChI is InChI=1S/C16H26N2OS2/c1-4-6-7-14-16(19)18(13(5-2)11-20-3)15(17-14)12-8-9-21-10-12/h8-10,13-15,17H,4-7,11H2,1-3H3. The van der Waals surface area contributed by atoms with Gasteiger partial charge in [0.1, 0.15) is 6.17 Å². The van der Waals surface area contributed by atoms with E-state index in [4.69, 9.17) is 0 Å². The van der Waals surface area contributed by atoms with E-state index in [9.17, 15) is 4.79 Å². The molecule has 3 nitrogen and oxygen atoms in total. The van der Waals surface area contributed by atoms with E-state index in [2.05, 4.69) is 47.1 Å². The summed E-state index contributed by atoms with van der Waals surface area (Å²) in [4.78, 5) is 15.0. The summed E-state index contributed by atoms with van der Waals surface area (Å²) in [5, 5.41) is 7.83. The lowest BCUT2D eigenvalue weighted by atomic mass is 10.1. The lowest BCUT2D eigenvalue weighted by Gasteiger charge is -2.31. The highest BCUT2D eigenvalue weighted by Gasteiger charge is 2.42. The average molecular weight is 327 g/mol. The van der Waals surface area contributed by atoms with Crippen LogP contribution in [0.5, 0.6) is 0 Å². The van der Waals surface area contributed by atoms with Crippen molar-refractivity contribution < 1.29 is 4.79 Å². The third kappa shape index (κ3) is 3.82. The van der Waals surface area contributed by atoms with E-state index in [0.717, 1.165) is 31.4 Å². The normalized spacial score (nSPS) is 23.8. The topological polar surface area (TPSA) is 32.3 Å². The van der Waals surface area contributed by atoms with Gasteiger partial charge in [0.15, 0.2) is 0 Å². The molecule has 3 atom stereocenters. The second-order valence-corrected chi connectivity index (χ2v) is 7.27. The van der Waals surface area contributed by atoms with Crippen molar-refractivity contribution in [3.05, 3.63) is 22.4 Å². The molecule has 0 aliphatic carbocycles. The molecule has 1 aliphatic heterocycles. The van der Waals surface area contributed by atoms with Crippen molar-refractivity contribution in [1.29, 1.82) is 0 Å². The second kappa shape index (κ2) is 8.20. The fourth-order valence-corrected chi connectivity index (χ4v) is 4.39. The van der Waals surface area contributed by atoms with Gasteiger partial charge in [-0.25, -0.2) is 0 Å². The summed E-state index contributed by atoms with van der Waals surface area (Å²) < 4.78 is 0. The zero-order valence-electron chi connectivity index (χ0n) is 13.2. The summed E-state index contributed by atoms with van der Waals surface area (Å²) in [7, 11) is 0. The maximum Gasteiger partial charge on any atom is 0.241 e. The van der Waals surface area contributed by atoms with Crippen LogP contribution in [0, 0.1) is 0 Å². The fraction of sp³-hybridized carbons (Fsp3) is 0.688. The van der Waals surface area contributed by atoms with Crippen molar-refractivity contribution in [1.82, 2.24) is 10.2 Å². The molecule has 0 saturated carbocycles. The van der Waals surface area contributed by atoms with Gasteiger partial charge in [-0.15, -0.1) is 0 Å². The second-order valence-electron chi connectivity index (χ2n) is 5.58. The fourth-order valence-electron chi connectivity index (χ4n) is 2.93. The molecule has 5 heteroatoms. The first-order chi connectivity index (χ1) is 10.2. The van der Waals surface area contributed by atoms with E-state index in [1.54, 1.807) is 11.3 Å². The van der Waals surface area contributed by atoms with Gasteiger partial charge in [-0.3, -0.25) is 10.1 Å². The molecule has 1 aromatic heterocycles. The zero-order valence-corrected chi connectivity index (χ0v) is 14.8. The molecule has 0 aromatic carbocycles. The molecule has 1 saturated heterocycles. The molecule has 21 heavy (non-hydrogen) atoms. The van der Waals surface area contributed by atoms with Crippen molar-refractivity contribution in [2.24, 2.45) is 0 Å². The zero-order chi connectivity index (χ0) is 15.2. The van der Waals surface area contributed by atoms with Gasteiger partial charge in [0.05, 0.1) is 6.04 Å². The van der Waals surface area contributed by atoms with Crippen LogP contribution in [0.25, 0.3) is 0 Å². The first-order valence-corrected chi connectivity index (χ1v) is 10.2. The number of unbranched alkanes of at least 4 members (excludes halogenated alkanes) is 1. The minimum atomic E-state index is -0.00856. The first kappa shape index (κ1) is 16.8. The number of thioether (sulfide) groups is 1. The summed E-state index contributed by atoms with van der Waals surface area (Å²) in [6.07, 6.45) is 6.37. The van der Waals surface area contributed by atoms with E-state index >= 15 is 0 Å². The van der Waals surface area contributed by atoms with Crippen molar-refractivity contribution in [3.8, 4) is 0 Å². The van der Waals surface area contributed by atoms with Crippen LogP contribution in [-0.4, -0.2) is 34.9 Å². The third-order valence-corrected chi connectivity index (χ3v) is 5.54. The summed E-state index contributed by atoms with van der Waals surface area (Å²) >= 11 is 3.52. The predicted octanol–water partition coefficient (Wildman–Crippen LogP) is 3.88. The molecule has 3 unspecified atom stereocenters. The van der Waals surface area contributed by atoms with Gasteiger partial charge in [-0.1, -0.05) is 26.7 Å². The molecule has 0 bridgehead atoms. The predicted molar refractivity (Wildman–Crippen MR) is 92.8 cm³/mol. The van der Waals surface area contributed by atoms with Gasteiger partial charge < -0.3 is 4.90 Å². The molecule has 0 spiro atoms. The Balaban J connectivity index is 2.20. The van der Waals surface area contributed by atoms with E-state index in [1.807, 2.05) is 11.8 Å². The molecule has 1 N–H and O–H groups in total. The van der Waals surface area contributed by atoms with Crippen LogP contribution >= 0.6 is 23.1 Å². The molecule has 1 fully saturated rings. The Bertz CT molecular complexity index is 435. The number of hydrogen-bond acceptors (Lipinski definition) is 4. The quantitative estimate of drug-likeness (QED) is 0.787. The Hall–Kier alpha value is -0.520. The molecule has 118 valence electrons. The van der Waals surface area contributed by atoms with Gasteiger partial charge >= 0.3 is 0 Å². The highest BCUT2D eigenvalue weighted by atomic mass is 32.2. The number of carbonyl (C=O) groups is 1. The highest BCUT2D eigenvalue weighted by Crippen LogP contribution is 2.32. The minimum Gasteiger partial charge on any atom is -0.318 e. The first-order valence-electron chi connectivity index (χ1n) is 7.82. The Morgan fingerprint density at radius 1 is 1.48 bits per heavy atom. The SMILES string of the molecule is CCCCC1NC(c2ccsc2)N(C(CC)CSC)C1=O. The minimum absolute atomic E-state index is 0.00856. The Labute approximate surface area is 136 Å². The number of amides is 1. The summed E-state index contributed by atoms with van der Waals surface area (Å²) in [6, 6.07) is 2.44. The summed E-state index contributed by atoms with van der Waals surface area (Å²) in [5.41, 5.74) is 1.23. The van der Waals surface area contributed by atoms with Crippen LogP contribution in [0.3, 0.4) is 0 Å². The van der Waals surface area contributed by atoms with Crippen LogP contribution < -0.4 is 5.32 Å². The number of hydrogen-bond donors (Lipinski definition) is 1. The Kier molecular flexibility index (Phi) is 6.58. The van der Waals surface area contributed by atoms with E-state index in [-0.39, 0.29) is 12.2 Å². The number of nitrogens with zero attached hydrogens (tertiary/aromatic N) is 1. The largest absolute Gasteiger partial charge is 0.318 e. The molecule has 0 radical (unpaired) electrons. The average Bonchev–Trinajstić information content (AvgIpc) is 3.11. The van der Waals surface area contributed by atoms with Gasteiger partial charge in [0.25, 0.3) is 0 Å². The van der Waals surface area contributed by atoms with Crippen LogP contribution in [0.4, 0.5) is 0 Å². The lowest BCUT2D eigenvalue weighted by molar-refractivity contribution is -0.132. The van der Waals surface area contributed by atoms with Gasteiger partial charge in [0.2, 0.25) is 5.91 Å². The molecule has 2 heterocycles. The van der Waals surface area contributed by atoms with Crippen LogP contribution in [0.15, 0.2) is 16.8 Å². The molecular formula is C16H26N2OS2. The maximum absolute atomic E-state index is 12.8. The molecular weight excluding hydrogens is 300 g/mol. The smallest absolute Gasteiger partial charge is 0.241 e. The molecule has 1 amide bonds. The highest BCUT2D eigenvalue weighted by molar-refractivity contribution is 7.98. The number of carbonyl (C=O) groups excluding carboxylic acids is 1. The number of nitrogens with one attached hydrogen (secondary N) is 1. The van der Waals surface area contributed by atoms with Crippen LogP contribution in [0.1, 0.15) is 51.3 Å². The third-order valence-electron chi connectivity index (χ3n) is 4.12. The Morgan fingerprint density at radius 2 is 2.29 bits per heavy atom. The number of thiophene rings is 1. The van der Waals surface area contributed by atoms with Crippen molar-refractivity contribution in [2.75, 3.05) is 12.0 Å². The van der Waals surface area contributed by atoms with Crippen LogP contribution in [0.2, 0.25) is 0 Å². The summed E-state index contributed by atoms with van der Waals surface area (Å²) in [6.45, 7) is 4.36. The van der Waals surface area contributed by atoms with Crippen molar-refractivity contribution >= 4 is 29.0 Å². The molecule has 1 aliphatic rings. The Morgan fingerprint density at radius 3 is 2.86 bits per heavy atom. The number of rotatable bonds is 8. The molecule has 2 rings (SSSR count). The van der Waals surface area contributed by atoms with Crippen molar-refractivity contribution in [3.63, 3.8) is 0 Å². The maximum atomic E-state index is 12.8. The summed E-state index contributed by atoms with van der Waals surface area (Å²) in [5.74, 6) is 1.30. The van der Waals surface area contributed by atoms with Gasteiger partial charge in [0, 0.05) is 11.8 Å². The van der Waals surface area contributed by atoms with Crippen LogP contribution in [-0.2, 0) is 4.79 Å². The van der Waals surface area contributed by atoms with E-state index < -0.39 is 0 Å². The van der Waals surface area contributed by atoms with E-state index in [0.29, 0.717) is 11.9 Å². The van der Waals surface area contributed by atoms with Gasteiger partial charge in [-0.05, 0) is 41.5 Å². The van der Waals surface area contributed by atoms with E-state index in [1.165, 1.54) is 5.56 Å². The molecule has 1 aromatic rings. The van der Waals surface area contributed by atoms with Crippen molar-refractivity contribution in [2.45, 2.75) is 57.8 Å². The monoisotopic (exact) mass is 326 g/mol. The van der Waals surface area contributed by atoms with Gasteiger partial charge in [-0.2, -0.15) is 23.1 Å². The lowest BCUT2D eigenvalue weighted by Crippen LogP contribution is -2.41.